The average molecular weight is 234 g/mol. The summed E-state index contributed by atoms with van der Waals surface area (Å²) in [6.07, 6.45) is 5.23. The maximum Gasteiger partial charge on any atom is 0.128 e. The van der Waals surface area contributed by atoms with Crippen LogP contribution in [0.25, 0.3) is 0 Å². The Kier molecular flexibility index (Phi) is 4.00. The zero-order valence-electron chi connectivity index (χ0n) is 10.8. The largest absolute Gasteiger partial charge is 0.389 e. The van der Waals surface area contributed by atoms with Gasteiger partial charge in [0.15, 0.2) is 0 Å². The second kappa shape index (κ2) is 5.50. The van der Waals surface area contributed by atoms with Crippen molar-refractivity contribution in [2.24, 2.45) is 5.92 Å². The van der Waals surface area contributed by atoms with Crippen molar-refractivity contribution in [3.63, 3.8) is 0 Å². The zero-order valence-corrected chi connectivity index (χ0v) is 10.8. The summed E-state index contributed by atoms with van der Waals surface area (Å²) >= 11 is 0. The van der Waals surface area contributed by atoms with E-state index in [9.17, 15) is 5.11 Å². The van der Waals surface area contributed by atoms with Crippen LogP contribution in [0, 0.1) is 5.92 Å². The fourth-order valence-corrected chi connectivity index (χ4v) is 2.55. The first-order valence-corrected chi connectivity index (χ1v) is 6.59. The maximum atomic E-state index is 9.58. The van der Waals surface area contributed by atoms with E-state index in [1.54, 1.807) is 13.1 Å². The predicted molar refractivity (Wildman–Crippen MR) is 70.1 cm³/mol. The van der Waals surface area contributed by atoms with Gasteiger partial charge in [-0.25, -0.2) is 4.98 Å². The molecule has 1 aromatic heterocycles. The van der Waals surface area contributed by atoms with Crippen LogP contribution in [0.1, 0.15) is 44.8 Å². The normalized spacial score (nSPS) is 21.8. The Morgan fingerprint density at radius 1 is 1.59 bits per heavy atom. The van der Waals surface area contributed by atoms with Gasteiger partial charge in [-0.3, -0.25) is 0 Å². The smallest absolute Gasteiger partial charge is 0.128 e. The van der Waals surface area contributed by atoms with E-state index in [1.165, 1.54) is 19.3 Å². The van der Waals surface area contributed by atoms with Gasteiger partial charge < -0.3 is 10.0 Å². The van der Waals surface area contributed by atoms with Gasteiger partial charge in [0, 0.05) is 19.3 Å². The van der Waals surface area contributed by atoms with Crippen LogP contribution in [0.15, 0.2) is 18.3 Å². The minimum atomic E-state index is -0.411. The highest BCUT2D eigenvalue weighted by atomic mass is 16.3. The molecule has 0 aromatic carbocycles. The highest BCUT2D eigenvalue weighted by Gasteiger charge is 2.22. The number of aliphatic hydroxyl groups excluding tert-OH is 1. The molecule has 0 spiro atoms. The lowest BCUT2D eigenvalue weighted by molar-refractivity contribution is 0.199. The summed E-state index contributed by atoms with van der Waals surface area (Å²) in [7, 11) is 0. The lowest BCUT2D eigenvalue weighted by atomic mass is 10.0. The Morgan fingerprint density at radius 2 is 2.41 bits per heavy atom. The summed E-state index contributed by atoms with van der Waals surface area (Å²) in [5.41, 5.74) is 0.953. The molecular formula is C14H22N2O. The van der Waals surface area contributed by atoms with Crippen LogP contribution in [0.3, 0.4) is 0 Å². The highest BCUT2D eigenvalue weighted by Crippen LogP contribution is 2.26. The highest BCUT2D eigenvalue weighted by molar-refractivity contribution is 5.42. The van der Waals surface area contributed by atoms with Crippen LogP contribution < -0.4 is 4.90 Å². The lowest BCUT2D eigenvalue weighted by Gasteiger charge is -2.18. The predicted octanol–water partition coefficient (Wildman–Crippen LogP) is 2.76. The molecule has 0 saturated carbocycles. The van der Waals surface area contributed by atoms with Crippen LogP contribution >= 0.6 is 0 Å². The first-order chi connectivity index (χ1) is 8.20. The van der Waals surface area contributed by atoms with E-state index in [1.807, 2.05) is 12.1 Å². The van der Waals surface area contributed by atoms with Crippen LogP contribution in [-0.4, -0.2) is 23.2 Å². The van der Waals surface area contributed by atoms with Crippen molar-refractivity contribution >= 4 is 5.82 Å². The molecule has 2 atom stereocenters. The fourth-order valence-electron chi connectivity index (χ4n) is 2.55. The third-order valence-electron chi connectivity index (χ3n) is 3.56. The van der Waals surface area contributed by atoms with Gasteiger partial charge in [0.05, 0.1) is 6.10 Å². The van der Waals surface area contributed by atoms with Crippen molar-refractivity contribution < 1.29 is 5.11 Å². The Hall–Kier alpha value is -1.09. The number of anilines is 1. The molecule has 3 nitrogen and oxygen atoms in total. The summed E-state index contributed by atoms with van der Waals surface area (Å²) in [6.45, 7) is 6.25. The first-order valence-electron chi connectivity index (χ1n) is 6.59. The molecule has 1 fully saturated rings. The summed E-state index contributed by atoms with van der Waals surface area (Å²) in [5, 5.41) is 9.58. The molecule has 0 bridgehead atoms. The number of rotatable bonds is 4. The lowest BCUT2D eigenvalue weighted by Crippen LogP contribution is -2.21. The molecule has 1 aromatic rings. The van der Waals surface area contributed by atoms with Gasteiger partial charge in [-0.15, -0.1) is 0 Å². The summed E-state index contributed by atoms with van der Waals surface area (Å²) in [6, 6.07) is 3.90. The molecular weight excluding hydrogens is 212 g/mol. The molecule has 2 unspecified atom stereocenters. The number of aliphatic hydroxyl groups is 1. The van der Waals surface area contributed by atoms with Crippen molar-refractivity contribution in [1.82, 2.24) is 4.98 Å². The van der Waals surface area contributed by atoms with Gasteiger partial charge in [-0.1, -0.05) is 13.3 Å². The quantitative estimate of drug-likeness (QED) is 0.870. The molecule has 3 heteroatoms. The molecule has 94 valence electrons. The zero-order chi connectivity index (χ0) is 12.3. The first kappa shape index (κ1) is 12.4. The van der Waals surface area contributed by atoms with Crippen molar-refractivity contribution in [2.75, 3.05) is 18.0 Å². The molecule has 17 heavy (non-hydrogen) atoms. The van der Waals surface area contributed by atoms with Gasteiger partial charge in [0.2, 0.25) is 0 Å². The Balaban J connectivity index is 2.05. The van der Waals surface area contributed by atoms with E-state index in [2.05, 4.69) is 16.8 Å². The molecule has 1 saturated heterocycles. The number of pyridine rings is 1. The Labute approximate surface area is 103 Å². The molecule has 0 amide bonds. The van der Waals surface area contributed by atoms with E-state index in [-0.39, 0.29) is 0 Å². The third kappa shape index (κ3) is 2.97. The number of nitrogens with zero attached hydrogens (tertiary/aromatic N) is 2. The molecule has 1 aliphatic heterocycles. The summed E-state index contributed by atoms with van der Waals surface area (Å²) in [4.78, 5) is 6.75. The van der Waals surface area contributed by atoms with Gasteiger partial charge in [-0.2, -0.15) is 0 Å². The van der Waals surface area contributed by atoms with Crippen LogP contribution in [0.4, 0.5) is 5.82 Å². The van der Waals surface area contributed by atoms with Crippen molar-refractivity contribution in [2.45, 2.75) is 39.2 Å². The maximum absolute atomic E-state index is 9.58. The average Bonchev–Trinajstić information content (AvgIpc) is 2.78. The van der Waals surface area contributed by atoms with Crippen LogP contribution in [0.5, 0.6) is 0 Å². The van der Waals surface area contributed by atoms with E-state index in [0.717, 1.165) is 30.4 Å². The molecule has 1 N–H and O–H groups in total. The minimum absolute atomic E-state index is 0.411. The molecule has 0 aliphatic carbocycles. The monoisotopic (exact) mass is 234 g/mol. The van der Waals surface area contributed by atoms with E-state index in [4.69, 9.17) is 0 Å². The Morgan fingerprint density at radius 3 is 3.12 bits per heavy atom. The van der Waals surface area contributed by atoms with E-state index >= 15 is 0 Å². The summed E-state index contributed by atoms with van der Waals surface area (Å²) < 4.78 is 0. The van der Waals surface area contributed by atoms with Gasteiger partial charge in [0.1, 0.15) is 5.82 Å². The number of hydrogen-bond acceptors (Lipinski definition) is 3. The minimum Gasteiger partial charge on any atom is -0.389 e. The van der Waals surface area contributed by atoms with E-state index < -0.39 is 6.10 Å². The molecule has 1 aliphatic rings. The van der Waals surface area contributed by atoms with E-state index in [0.29, 0.717) is 0 Å². The van der Waals surface area contributed by atoms with Crippen molar-refractivity contribution in [3.8, 4) is 0 Å². The second-order valence-electron chi connectivity index (χ2n) is 5.01. The van der Waals surface area contributed by atoms with Gasteiger partial charge >= 0.3 is 0 Å². The summed E-state index contributed by atoms with van der Waals surface area (Å²) in [5.74, 6) is 1.83. The van der Waals surface area contributed by atoms with Crippen molar-refractivity contribution in [1.29, 1.82) is 0 Å². The SMILES string of the molecule is CCCC1CCN(c2cc(C(C)O)ccn2)C1. The molecule has 2 rings (SSSR count). The second-order valence-corrected chi connectivity index (χ2v) is 5.01. The van der Waals surface area contributed by atoms with Crippen LogP contribution in [-0.2, 0) is 0 Å². The van der Waals surface area contributed by atoms with Gasteiger partial charge in [0.25, 0.3) is 0 Å². The van der Waals surface area contributed by atoms with Crippen LogP contribution in [0.2, 0.25) is 0 Å². The van der Waals surface area contributed by atoms with Gasteiger partial charge in [-0.05, 0) is 43.4 Å². The third-order valence-corrected chi connectivity index (χ3v) is 3.56. The molecule has 0 radical (unpaired) electrons. The number of aromatic nitrogens is 1. The standard InChI is InChI=1S/C14H22N2O/c1-3-4-12-6-8-16(10-12)14-9-13(11(2)17)5-7-15-14/h5,7,9,11-12,17H,3-4,6,8,10H2,1-2H3. The van der Waals surface area contributed by atoms with Crippen molar-refractivity contribution in [3.05, 3.63) is 23.9 Å². The molecule has 2 heterocycles. The Bertz CT molecular complexity index is 365. The number of hydrogen-bond donors (Lipinski definition) is 1. The fraction of sp³-hybridized carbons (Fsp3) is 0.643. The topological polar surface area (TPSA) is 36.4 Å².